The Morgan fingerprint density at radius 2 is 1.03 bits per heavy atom. The summed E-state index contributed by atoms with van der Waals surface area (Å²) in [6.07, 6.45) is 4.52. The van der Waals surface area contributed by atoms with Gasteiger partial charge in [-0.1, -0.05) is 78.3 Å². The van der Waals surface area contributed by atoms with Crippen LogP contribution in [0.4, 0.5) is 0 Å². The molecule has 2 saturated heterocycles. The minimum atomic E-state index is -1.68. The van der Waals surface area contributed by atoms with E-state index in [0.29, 0.717) is 36.9 Å². The van der Waals surface area contributed by atoms with Crippen LogP contribution in [0.25, 0.3) is 0 Å². The van der Waals surface area contributed by atoms with Crippen LogP contribution >= 0.6 is 0 Å². The summed E-state index contributed by atoms with van der Waals surface area (Å²) in [4.78, 5) is 201. The second kappa shape index (κ2) is 44.2. The number of amides is 12. The number of hydrogen-bond donors (Lipinski definition) is 20. The van der Waals surface area contributed by atoms with Crippen molar-refractivity contribution in [2.45, 2.75) is 204 Å². The summed E-state index contributed by atoms with van der Waals surface area (Å²) in [6, 6.07) is -6.81. The number of carbonyl (C=O) groups excluding carboxylic acids is 12. The molecule has 0 saturated carbocycles. The molecule has 39 heteroatoms. The van der Waals surface area contributed by atoms with Crippen molar-refractivity contribution in [2.75, 3.05) is 45.9 Å². The highest BCUT2D eigenvalue weighted by atomic mass is 16.4. The highest BCUT2D eigenvalue weighted by Crippen LogP contribution is 2.23. The molecule has 27 N–H and O–H groups in total. The van der Waals surface area contributed by atoms with E-state index < -0.39 is 180 Å². The number of rotatable bonds is 44. The van der Waals surface area contributed by atoms with E-state index in [4.69, 9.17) is 40.1 Å². The van der Waals surface area contributed by atoms with E-state index in [1.807, 2.05) is 0 Å². The molecule has 2 aromatic rings. The van der Waals surface area contributed by atoms with Gasteiger partial charge in [0.1, 0.15) is 66.5 Å². The van der Waals surface area contributed by atoms with E-state index in [2.05, 4.69) is 78.1 Å². The number of nitrogens with two attached hydrogens (primary N) is 7. The Labute approximate surface area is 615 Å². The minimum Gasteiger partial charge on any atom is -0.480 e. The number of benzene rings is 1. The Kier molecular flexibility index (Phi) is 36.5. The number of aliphatic hydroxyl groups is 1. The van der Waals surface area contributed by atoms with Gasteiger partial charge in [0.05, 0.1) is 25.5 Å². The van der Waals surface area contributed by atoms with Gasteiger partial charge in [-0.05, 0) is 94.4 Å². The number of nitrogens with zero attached hydrogens (tertiary/aromatic N) is 6. The molecule has 12 amide bonds. The maximum Gasteiger partial charge on any atom is 0.326 e. The topological polar surface area (TPSA) is 637 Å². The monoisotopic (exact) mass is 1490 g/mol. The molecule has 0 radical (unpaired) electrons. The molecule has 0 aliphatic carbocycles. The lowest BCUT2D eigenvalue weighted by atomic mass is 9.96. The Bertz CT molecular complexity index is 3380. The smallest absolute Gasteiger partial charge is 0.326 e. The number of hydrogen-bond acceptors (Lipinski definition) is 19. The fourth-order valence-electron chi connectivity index (χ4n) is 11.8. The molecule has 0 unspecified atom stereocenters. The highest BCUT2D eigenvalue weighted by molar-refractivity contribution is 6.00. The zero-order valence-corrected chi connectivity index (χ0v) is 61.3. The Hall–Kier alpha value is -10.7. The van der Waals surface area contributed by atoms with Crippen LogP contribution in [0, 0.1) is 17.8 Å². The number of aliphatic imine (C=N–C) groups is 3. The van der Waals surface area contributed by atoms with Crippen molar-refractivity contribution in [3.8, 4) is 0 Å². The number of guanidine groups is 3. The van der Waals surface area contributed by atoms with Crippen LogP contribution in [0.1, 0.15) is 130 Å². The Morgan fingerprint density at radius 3 is 1.54 bits per heavy atom. The lowest BCUT2D eigenvalue weighted by Crippen LogP contribution is -2.62. The summed E-state index contributed by atoms with van der Waals surface area (Å²) in [7, 11) is 0. The number of aromatic nitrogens is 2. The summed E-state index contributed by atoms with van der Waals surface area (Å²) >= 11 is 0. The number of carboxylic acids is 1. The molecule has 39 nitrogen and oxygen atoms in total. The maximum absolute atomic E-state index is 14.7. The van der Waals surface area contributed by atoms with Gasteiger partial charge < -0.3 is 118 Å². The molecule has 0 bridgehead atoms. The summed E-state index contributed by atoms with van der Waals surface area (Å²) in [5, 5.41) is 46.6. The van der Waals surface area contributed by atoms with Crippen molar-refractivity contribution >= 4 is 94.7 Å². The summed E-state index contributed by atoms with van der Waals surface area (Å²) in [5.74, 6) is -13.2. The third-order valence-electron chi connectivity index (χ3n) is 17.9. The maximum atomic E-state index is 14.7. The molecule has 106 heavy (non-hydrogen) atoms. The number of likely N-dealkylation sites (tertiary alicyclic amines) is 2. The van der Waals surface area contributed by atoms with Crippen molar-refractivity contribution < 1.29 is 72.5 Å². The molecule has 4 rings (SSSR count). The number of aromatic amines is 1. The fourth-order valence-corrected chi connectivity index (χ4v) is 11.8. The highest BCUT2D eigenvalue weighted by Gasteiger charge is 2.43. The number of nitrogens with one attached hydrogen (secondary N) is 11. The van der Waals surface area contributed by atoms with Gasteiger partial charge in [-0.2, -0.15) is 0 Å². The third kappa shape index (κ3) is 28.7. The van der Waals surface area contributed by atoms with Gasteiger partial charge in [-0.25, -0.2) is 9.78 Å². The summed E-state index contributed by atoms with van der Waals surface area (Å²) in [6.45, 7) is 10.1. The molecular weight excluding hydrogens is 1380 g/mol. The number of aliphatic hydroxyl groups excluding tert-OH is 1. The van der Waals surface area contributed by atoms with Crippen LogP contribution < -0.4 is 93.3 Å². The quantitative estimate of drug-likeness (QED) is 0.0167. The number of carbonyl (C=O) groups is 13. The zero-order chi connectivity index (χ0) is 78.9. The normalized spacial score (nSPS) is 17.1. The lowest BCUT2D eigenvalue weighted by Gasteiger charge is -2.32. The molecule has 2 fully saturated rings. The average Bonchev–Trinajstić information content (AvgIpc) is 1.63. The van der Waals surface area contributed by atoms with E-state index >= 15 is 0 Å². The van der Waals surface area contributed by atoms with Gasteiger partial charge in [0.15, 0.2) is 17.9 Å². The van der Waals surface area contributed by atoms with Crippen LogP contribution in [0.3, 0.4) is 0 Å². The molecule has 1 aromatic carbocycles. The second-order valence-corrected chi connectivity index (χ2v) is 27.0. The van der Waals surface area contributed by atoms with Crippen LogP contribution in [-0.4, -0.2) is 243 Å². The van der Waals surface area contributed by atoms with Gasteiger partial charge in [-0.3, -0.25) is 72.5 Å². The standard InChI is InChI=1S/C67H110N24O15/c1-8-37(6)52(89-56(97)46(33-92)86-58(99)48-23-16-28-91(48)63(104)44(29-39-17-10-9-11-18-39)84-60(101)51(36(4)5)87-53(94)38(7)81-54(95)41(68)19-12-24-76-65(69)70)61(102)88-50(35(2)3)59(100)79-32-49(93)82-43(21-14-26-78-67(73)74)62(103)90-27-15-22-47(90)57(98)83-42(20-13-25-77-66(71)72)55(96)85-45(64(105)106)30-40-31-75-34-80-40/h9-11,17-18,31,34-38,41-48,50-52,92H,8,12-16,19-30,32-33,68H2,1-7H3,(H,75,80)(H,79,100)(H,81,95)(H,82,93)(H,83,98)(H,84,101)(H,85,96)(H,86,99)(H,87,94)(H,88,102)(H,89,97)(H,105,106)(H4,69,70,76)(H4,71,72,77)(H4,73,74,78)/t37-,38-,41-,42-,43-,44-,45-,46-,47-,48-,50-,51-,52-/m0/s1. The van der Waals surface area contributed by atoms with Crippen molar-refractivity contribution in [2.24, 2.45) is 72.9 Å². The molecule has 3 heterocycles. The first-order chi connectivity index (χ1) is 50.2. The Morgan fingerprint density at radius 1 is 0.547 bits per heavy atom. The second-order valence-electron chi connectivity index (χ2n) is 27.0. The molecule has 2 aliphatic heterocycles. The Balaban J connectivity index is 1.45. The van der Waals surface area contributed by atoms with Crippen molar-refractivity contribution in [1.82, 2.24) is 72.9 Å². The van der Waals surface area contributed by atoms with E-state index in [-0.39, 0.29) is 108 Å². The van der Waals surface area contributed by atoms with E-state index in [0.717, 1.165) is 0 Å². The van der Waals surface area contributed by atoms with Crippen LogP contribution in [0.2, 0.25) is 0 Å². The van der Waals surface area contributed by atoms with Gasteiger partial charge >= 0.3 is 5.97 Å². The SMILES string of the molecule is CC[C@H](C)[C@H](NC(=O)[C@H](CO)NC(=O)[C@@H]1CCCN1C(=O)[C@H](Cc1ccccc1)NC(=O)[C@@H](NC(=O)[C@H](C)NC(=O)[C@@H](N)CCCN=C(N)N)C(C)C)C(=O)N[C@H](C(=O)NCC(=O)N[C@@H](CCCN=C(N)N)C(=O)N1CCC[C@H]1C(=O)N[C@@H](CCCN=C(N)N)C(=O)N[C@@H](Cc1cnc[nH]1)C(=O)O)C(C)C. The first kappa shape index (κ1) is 87.7. The number of carboxylic acid groups (broad SMARTS) is 1. The first-order valence-corrected chi connectivity index (χ1v) is 35.6. The van der Waals surface area contributed by atoms with Gasteiger partial charge in [0.2, 0.25) is 70.9 Å². The number of aliphatic carboxylic acids is 1. The fraction of sp³-hybridized carbons (Fsp3) is 0.627. The van der Waals surface area contributed by atoms with Gasteiger partial charge in [0, 0.05) is 57.5 Å². The molecule has 13 atom stereocenters. The predicted molar refractivity (Wildman–Crippen MR) is 390 cm³/mol. The first-order valence-electron chi connectivity index (χ1n) is 35.6. The van der Waals surface area contributed by atoms with Gasteiger partial charge in [0.25, 0.3) is 0 Å². The largest absolute Gasteiger partial charge is 0.480 e. The number of imidazole rings is 1. The zero-order valence-electron chi connectivity index (χ0n) is 61.3. The molecule has 2 aliphatic rings. The van der Waals surface area contributed by atoms with Gasteiger partial charge in [-0.15, -0.1) is 0 Å². The molecule has 588 valence electrons. The molecule has 0 spiro atoms. The van der Waals surface area contributed by atoms with Crippen LogP contribution in [0.5, 0.6) is 0 Å². The van der Waals surface area contributed by atoms with Crippen molar-refractivity contribution in [1.29, 1.82) is 0 Å². The molecular formula is C67H110N24O15. The summed E-state index contributed by atoms with van der Waals surface area (Å²) in [5.41, 5.74) is 39.9. The summed E-state index contributed by atoms with van der Waals surface area (Å²) < 4.78 is 0. The van der Waals surface area contributed by atoms with E-state index in [9.17, 15) is 72.5 Å². The van der Waals surface area contributed by atoms with Crippen LogP contribution in [-0.2, 0) is 75.2 Å². The van der Waals surface area contributed by atoms with Crippen LogP contribution in [0.15, 0.2) is 57.8 Å². The predicted octanol–water partition coefficient (Wildman–Crippen LogP) is -6.40. The molecule has 1 aromatic heterocycles. The average molecular weight is 1490 g/mol. The van der Waals surface area contributed by atoms with E-state index in [1.165, 1.54) is 29.2 Å². The van der Waals surface area contributed by atoms with E-state index in [1.54, 1.807) is 71.9 Å². The lowest BCUT2D eigenvalue weighted by molar-refractivity contribution is -0.143. The van der Waals surface area contributed by atoms with Crippen molar-refractivity contribution in [3.05, 3.63) is 54.1 Å². The minimum absolute atomic E-state index is 0.0319. The third-order valence-corrected chi connectivity index (χ3v) is 17.9. The van der Waals surface area contributed by atoms with Crippen molar-refractivity contribution in [3.63, 3.8) is 0 Å². The number of H-pyrrole nitrogens is 1.